The van der Waals surface area contributed by atoms with Gasteiger partial charge in [-0.2, -0.15) is 0 Å². The number of rotatable bonds is 4. The summed E-state index contributed by atoms with van der Waals surface area (Å²) in [6.07, 6.45) is 0. The van der Waals surface area contributed by atoms with E-state index in [9.17, 15) is 19.2 Å². The molecule has 0 aliphatic heterocycles. The number of fused-ring (bicyclic) bond motifs is 2. The summed E-state index contributed by atoms with van der Waals surface area (Å²) in [6.45, 7) is 0. The Morgan fingerprint density at radius 3 is 1.79 bits per heavy atom. The Morgan fingerprint density at radius 1 is 0.588 bits per heavy atom. The van der Waals surface area contributed by atoms with Gasteiger partial charge in [-0.25, -0.2) is 0 Å². The standard InChI is InChI=1S/C28H18N2O4/c29-20-13-7-12-17-21(20)28(34)23-19(27(17)33)14-18(25(31)15-8-3-1-4-9-15)22(24(23)30)26(32)16-10-5-2-6-11-16/h1-14H,29-30H2. The SMILES string of the molecule is Nc1cccc2c1C(=O)c1c(cc(C(=O)c3ccccc3)c(C(=O)c3ccccc3)c1N)C2=O. The molecule has 0 saturated heterocycles. The highest BCUT2D eigenvalue weighted by Crippen LogP contribution is 2.38. The number of ketones is 4. The second-order valence-corrected chi connectivity index (χ2v) is 7.95. The Balaban J connectivity index is 1.82. The normalized spacial score (nSPS) is 12.1. The molecule has 0 bridgehead atoms. The van der Waals surface area contributed by atoms with Gasteiger partial charge in [-0.15, -0.1) is 0 Å². The molecule has 164 valence electrons. The van der Waals surface area contributed by atoms with Crippen molar-refractivity contribution in [3.8, 4) is 0 Å². The zero-order chi connectivity index (χ0) is 24.0. The molecule has 5 rings (SSSR count). The van der Waals surface area contributed by atoms with Crippen molar-refractivity contribution in [2.45, 2.75) is 0 Å². The highest BCUT2D eigenvalue weighted by atomic mass is 16.1. The molecule has 4 N–H and O–H groups in total. The summed E-state index contributed by atoms with van der Waals surface area (Å²) in [5.74, 6) is -2.04. The summed E-state index contributed by atoms with van der Waals surface area (Å²) in [7, 11) is 0. The van der Waals surface area contributed by atoms with Gasteiger partial charge >= 0.3 is 0 Å². The number of carbonyl (C=O) groups excluding carboxylic acids is 4. The molecule has 6 heteroatoms. The first-order chi connectivity index (χ1) is 16.4. The van der Waals surface area contributed by atoms with Gasteiger partial charge in [0.2, 0.25) is 0 Å². The summed E-state index contributed by atoms with van der Waals surface area (Å²) in [4.78, 5) is 53.9. The third-order valence-corrected chi connectivity index (χ3v) is 5.95. The Hall–Kier alpha value is -4.84. The van der Waals surface area contributed by atoms with Crippen LogP contribution < -0.4 is 11.5 Å². The number of hydrogen-bond donors (Lipinski definition) is 2. The van der Waals surface area contributed by atoms with Gasteiger partial charge in [0, 0.05) is 33.5 Å². The Bertz CT molecular complexity index is 1520. The predicted molar refractivity (Wildman–Crippen MR) is 128 cm³/mol. The van der Waals surface area contributed by atoms with Crippen molar-refractivity contribution < 1.29 is 19.2 Å². The van der Waals surface area contributed by atoms with Crippen LogP contribution in [0.3, 0.4) is 0 Å². The van der Waals surface area contributed by atoms with Gasteiger partial charge < -0.3 is 11.5 Å². The minimum Gasteiger partial charge on any atom is -0.398 e. The van der Waals surface area contributed by atoms with Crippen LogP contribution in [0.1, 0.15) is 63.7 Å². The van der Waals surface area contributed by atoms with Gasteiger partial charge in [0.15, 0.2) is 23.1 Å². The maximum atomic E-state index is 13.6. The quantitative estimate of drug-likeness (QED) is 0.317. The average molecular weight is 446 g/mol. The summed E-state index contributed by atoms with van der Waals surface area (Å²) >= 11 is 0. The smallest absolute Gasteiger partial charge is 0.198 e. The van der Waals surface area contributed by atoms with E-state index < -0.39 is 23.1 Å². The first-order valence-corrected chi connectivity index (χ1v) is 10.5. The lowest BCUT2D eigenvalue weighted by molar-refractivity contribution is 0.0977. The Morgan fingerprint density at radius 2 is 1.18 bits per heavy atom. The highest BCUT2D eigenvalue weighted by Gasteiger charge is 2.37. The molecule has 0 fully saturated rings. The average Bonchev–Trinajstić information content (AvgIpc) is 2.87. The molecule has 0 heterocycles. The predicted octanol–water partition coefficient (Wildman–Crippen LogP) is 4.09. The van der Waals surface area contributed by atoms with Gasteiger partial charge in [0.1, 0.15) is 0 Å². The molecule has 6 nitrogen and oxygen atoms in total. The number of anilines is 2. The monoisotopic (exact) mass is 446 g/mol. The van der Waals surface area contributed by atoms with Crippen LogP contribution in [-0.4, -0.2) is 23.1 Å². The van der Waals surface area contributed by atoms with Crippen molar-refractivity contribution in [3.63, 3.8) is 0 Å². The molecule has 0 unspecified atom stereocenters. The van der Waals surface area contributed by atoms with Crippen LogP contribution in [0.2, 0.25) is 0 Å². The van der Waals surface area contributed by atoms with E-state index >= 15 is 0 Å². The molecule has 0 radical (unpaired) electrons. The van der Waals surface area contributed by atoms with Crippen molar-refractivity contribution in [2.75, 3.05) is 11.5 Å². The molecule has 4 aromatic carbocycles. The topological polar surface area (TPSA) is 120 Å². The van der Waals surface area contributed by atoms with E-state index in [1.165, 1.54) is 18.2 Å². The lowest BCUT2D eigenvalue weighted by atomic mass is 9.78. The first-order valence-electron chi connectivity index (χ1n) is 10.5. The zero-order valence-electron chi connectivity index (χ0n) is 17.9. The van der Waals surface area contributed by atoms with E-state index in [0.717, 1.165) is 0 Å². The van der Waals surface area contributed by atoms with Crippen molar-refractivity contribution in [1.82, 2.24) is 0 Å². The van der Waals surface area contributed by atoms with Crippen LogP contribution in [0.5, 0.6) is 0 Å². The fraction of sp³-hybridized carbons (Fsp3) is 0. The summed E-state index contributed by atoms with van der Waals surface area (Å²) < 4.78 is 0. The van der Waals surface area contributed by atoms with E-state index in [1.54, 1.807) is 66.7 Å². The molecule has 0 spiro atoms. The molecule has 4 aromatic rings. The van der Waals surface area contributed by atoms with Gasteiger partial charge in [-0.3, -0.25) is 19.2 Å². The fourth-order valence-corrected chi connectivity index (χ4v) is 4.31. The minimum absolute atomic E-state index is 0.0236. The molecular formula is C28H18N2O4. The van der Waals surface area contributed by atoms with E-state index in [0.29, 0.717) is 11.1 Å². The van der Waals surface area contributed by atoms with Crippen LogP contribution >= 0.6 is 0 Å². The van der Waals surface area contributed by atoms with Crippen LogP contribution in [0.15, 0.2) is 84.9 Å². The number of hydrogen-bond acceptors (Lipinski definition) is 6. The molecule has 1 aliphatic rings. The van der Waals surface area contributed by atoms with E-state index in [-0.39, 0.29) is 44.8 Å². The number of benzene rings is 4. The minimum atomic E-state index is -0.555. The molecule has 1 aliphatic carbocycles. The van der Waals surface area contributed by atoms with Crippen LogP contribution in [-0.2, 0) is 0 Å². The van der Waals surface area contributed by atoms with Crippen molar-refractivity contribution in [3.05, 3.63) is 129 Å². The molecule has 0 atom stereocenters. The largest absolute Gasteiger partial charge is 0.398 e. The van der Waals surface area contributed by atoms with E-state index in [4.69, 9.17) is 11.5 Å². The second-order valence-electron chi connectivity index (χ2n) is 7.95. The maximum Gasteiger partial charge on any atom is 0.198 e. The Kier molecular flexibility index (Phi) is 4.91. The lowest BCUT2D eigenvalue weighted by Crippen LogP contribution is -2.27. The summed E-state index contributed by atoms with van der Waals surface area (Å²) in [5, 5.41) is 0. The van der Waals surface area contributed by atoms with Crippen molar-refractivity contribution >= 4 is 34.5 Å². The number of nitrogens with two attached hydrogens (primary N) is 2. The van der Waals surface area contributed by atoms with E-state index in [2.05, 4.69) is 0 Å². The third-order valence-electron chi connectivity index (χ3n) is 5.95. The maximum absolute atomic E-state index is 13.6. The Labute approximate surface area is 194 Å². The van der Waals surface area contributed by atoms with E-state index in [1.807, 2.05) is 0 Å². The molecular weight excluding hydrogens is 428 g/mol. The molecule has 34 heavy (non-hydrogen) atoms. The van der Waals surface area contributed by atoms with Gasteiger partial charge in [-0.1, -0.05) is 72.8 Å². The molecule has 0 aromatic heterocycles. The molecule has 0 amide bonds. The van der Waals surface area contributed by atoms with Gasteiger partial charge in [-0.05, 0) is 12.1 Å². The number of nitrogen functional groups attached to an aromatic ring is 2. The van der Waals surface area contributed by atoms with Crippen molar-refractivity contribution in [2.24, 2.45) is 0 Å². The lowest BCUT2D eigenvalue weighted by Gasteiger charge is -2.23. The third kappa shape index (κ3) is 3.12. The first kappa shape index (κ1) is 21.0. The second kappa shape index (κ2) is 7.94. The van der Waals surface area contributed by atoms with Gasteiger partial charge in [0.25, 0.3) is 0 Å². The summed E-state index contributed by atoms with van der Waals surface area (Å²) in [5.41, 5.74) is 12.9. The molecule has 0 saturated carbocycles. The van der Waals surface area contributed by atoms with Crippen LogP contribution in [0.25, 0.3) is 0 Å². The highest BCUT2D eigenvalue weighted by molar-refractivity contribution is 6.34. The van der Waals surface area contributed by atoms with Crippen LogP contribution in [0.4, 0.5) is 11.4 Å². The van der Waals surface area contributed by atoms with Crippen LogP contribution in [0, 0.1) is 0 Å². The number of carbonyl (C=O) groups is 4. The van der Waals surface area contributed by atoms with Gasteiger partial charge in [0.05, 0.1) is 22.4 Å². The fourth-order valence-electron chi connectivity index (χ4n) is 4.31. The van der Waals surface area contributed by atoms with Crippen molar-refractivity contribution in [1.29, 1.82) is 0 Å². The zero-order valence-corrected chi connectivity index (χ0v) is 17.9. The summed E-state index contributed by atoms with van der Waals surface area (Å²) in [6, 6.07) is 22.6.